The molecule has 0 aromatic heterocycles. The van der Waals surface area contributed by atoms with Gasteiger partial charge in [-0.3, -0.25) is 9.59 Å². The number of nitrogens with two attached hydrogens (primary N) is 1. The molecular weight excluding hydrogens is 448 g/mol. The van der Waals surface area contributed by atoms with Crippen LogP contribution in [0.2, 0.25) is 0 Å². The molecule has 4 amide bonds. The molecule has 4 rings (SSSR count). The summed E-state index contributed by atoms with van der Waals surface area (Å²) in [4.78, 5) is 42.3. The predicted molar refractivity (Wildman–Crippen MR) is 116 cm³/mol. The summed E-state index contributed by atoms with van der Waals surface area (Å²) in [5.74, 6) is -0.732. The van der Waals surface area contributed by atoms with Crippen LogP contribution in [-0.4, -0.2) is 84.8 Å². The van der Waals surface area contributed by atoms with Crippen molar-refractivity contribution in [2.24, 2.45) is 5.73 Å². The Morgan fingerprint density at radius 1 is 1.27 bits per heavy atom. The highest BCUT2D eigenvalue weighted by Gasteiger charge is 2.52. The smallest absolute Gasteiger partial charge is 0.332 e. The molecule has 4 atom stereocenters. The topological polar surface area (TPSA) is 157 Å². The second kappa shape index (κ2) is 8.64. The van der Waals surface area contributed by atoms with E-state index in [4.69, 9.17) is 5.73 Å². The summed E-state index contributed by atoms with van der Waals surface area (Å²) in [6.45, 7) is 2.43. The molecule has 3 saturated heterocycles. The van der Waals surface area contributed by atoms with E-state index in [0.717, 1.165) is 12.0 Å². The molecule has 0 aliphatic carbocycles. The number of aryl methyl sites for hydroxylation is 1. The maximum atomic E-state index is 12.9. The quantitative estimate of drug-likeness (QED) is 0.583. The van der Waals surface area contributed by atoms with Crippen molar-refractivity contribution in [1.29, 1.82) is 5.26 Å². The van der Waals surface area contributed by atoms with Gasteiger partial charge >= 0.3 is 6.03 Å². The lowest BCUT2D eigenvalue weighted by atomic mass is 10.2. The molecule has 1 aromatic carbocycles. The maximum Gasteiger partial charge on any atom is 0.332 e. The first-order valence-electron chi connectivity index (χ1n) is 10.8. The van der Waals surface area contributed by atoms with Crippen LogP contribution in [0.15, 0.2) is 29.2 Å². The number of urea groups is 1. The summed E-state index contributed by atoms with van der Waals surface area (Å²) < 4.78 is 27.1. The average Bonchev–Trinajstić information content (AvgIpc) is 3.49. The lowest BCUT2D eigenvalue weighted by Crippen LogP contribution is -2.59. The summed E-state index contributed by atoms with van der Waals surface area (Å²) >= 11 is 0. The van der Waals surface area contributed by atoms with Gasteiger partial charge in [-0.1, -0.05) is 17.7 Å². The van der Waals surface area contributed by atoms with Gasteiger partial charge in [0.2, 0.25) is 11.8 Å². The van der Waals surface area contributed by atoms with Crippen LogP contribution in [0.25, 0.3) is 0 Å². The molecule has 176 valence electrons. The van der Waals surface area contributed by atoms with E-state index in [1.807, 2.05) is 11.6 Å². The first kappa shape index (κ1) is 23.0. The van der Waals surface area contributed by atoms with E-state index in [1.54, 1.807) is 12.1 Å². The molecule has 33 heavy (non-hydrogen) atoms. The van der Waals surface area contributed by atoms with E-state index in [0.29, 0.717) is 19.4 Å². The molecule has 12 heteroatoms. The fourth-order valence-electron chi connectivity index (χ4n) is 4.73. The van der Waals surface area contributed by atoms with Crippen LogP contribution >= 0.6 is 0 Å². The van der Waals surface area contributed by atoms with Gasteiger partial charge in [0.25, 0.3) is 10.0 Å². The van der Waals surface area contributed by atoms with Crippen molar-refractivity contribution in [2.45, 2.75) is 55.2 Å². The molecule has 0 spiro atoms. The maximum absolute atomic E-state index is 12.9. The second-order valence-corrected chi connectivity index (χ2v) is 10.4. The van der Waals surface area contributed by atoms with Crippen LogP contribution < -0.4 is 10.5 Å². The second-order valence-electron chi connectivity index (χ2n) is 8.70. The molecular formula is C21H26N6O5S. The molecule has 3 heterocycles. The van der Waals surface area contributed by atoms with Crippen LogP contribution in [0.3, 0.4) is 0 Å². The number of hydrogen-bond acceptors (Lipinski definition) is 7. The minimum Gasteiger partial charge on any atom is -0.334 e. The lowest BCUT2D eigenvalue weighted by molar-refractivity contribution is -0.138. The first-order valence-corrected chi connectivity index (χ1v) is 12.3. The van der Waals surface area contributed by atoms with Crippen LogP contribution in [0.5, 0.6) is 0 Å². The first-order chi connectivity index (χ1) is 15.6. The monoisotopic (exact) mass is 474 g/mol. The third kappa shape index (κ3) is 4.26. The third-order valence-electron chi connectivity index (χ3n) is 6.50. The third-order valence-corrected chi connectivity index (χ3v) is 7.83. The van der Waals surface area contributed by atoms with Crippen molar-refractivity contribution >= 4 is 27.9 Å². The number of benzene rings is 1. The molecule has 0 radical (unpaired) electrons. The SMILES string of the molecule is Cc1ccc(S(=O)(=O)NC(=O)N2C[C@@H]3C[C@H]2C(=O)N3C[C@H](N)C(=O)N2CCC[C@H]2C#N)cc1. The Kier molecular flexibility index (Phi) is 6.02. The van der Waals surface area contributed by atoms with Gasteiger partial charge in [0.05, 0.1) is 17.0 Å². The molecule has 3 fully saturated rings. The molecule has 3 N–H and O–H groups in total. The van der Waals surface area contributed by atoms with Gasteiger partial charge in [-0.25, -0.2) is 17.9 Å². The number of fused-ring (bicyclic) bond motifs is 2. The highest BCUT2D eigenvalue weighted by Crippen LogP contribution is 2.32. The van der Waals surface area contributed by atoms with Crippen molar-refractivity contribution in [2.75, 3.05) is 19.6 Å². The molecule has 0 unspecified atom stereocenters. The van der Waals surface area contributed by atoms with Crippen molar-refractivity contribution in [1.82, 2.24) is 19.4 Å². The Labute approximate surface area is 192 Å². The molecule has 0 saturated carbocycles. The summed E-state index contributed by atoms with van der Waals surface area (Å²) in [5.41, 5.74) is 6.96. The Hall–Kier alpha value is -3.17. The number of carbonyl (C=O) groups excluding carboxylic acids is 3. The standard InChI is InChI=1S/C21H26N6O5S/c1-13-4-6-16(7-5-13)33(31,32)24-21(30)27-11-15-9-18(27)20(29)26(15)12-17(23)19(28)25-8-2-3-14(25)10-22/h4-7,14-15,17-18H,2-3,8-9,11-12,23H2,1H3,(H,24,30)/t14-,15-,17-,18-/m0/s1. The highest BCUT2D eigenvalue weighted by atomic mass is 32.2. The van der Waals surface area contributed by atoms with Gasteiger partial charge in [-0.2, -0.15) is 5.26 Å². The number of carbonyl (C=O) groups is 3. The number of piperazine rings is 1. The number of nitrogens with one attached hydrogen (secondary N) is 1. The highest BCUT2D eigenvalue weighted by molar-refractivity contribution is 7.90. The Morgan fingerprint density at radius 2 is 1.97 bits per heavy atom. The van der Waals surface area contributed by atoms with Crippen LogP contribution in [0, 0.1) is 18.3 Å². The van der Waals surface area contributed by atoms with Crippen LogP contribution in [0.1, 0.15) is 24.8 Å². The Morgan fingerprint density at radius 3 is 2.61 bits per heavy atom. The van der Waals surface area contributed by atoms with Gasteiger partial charge in [0.15, 0.2) is 0 Å². The van der Waals surface area contributed by atoms with Gasteiger partial charge in [-0.05, 0) is 38.3 Å². The fraction of sp³-hybridized carbons (Fsp3) is 0.524. The zero-order valence-electron chi connectivity index (χ0n) is 18.2. The minimum atomic E-state index is -4.07. The number of likely N-dealkylation sites (tertiary alicyclic amines) is 3. The van der Waals surface area contributed by atoms with E-state index in [1.165, 1.54) is 26.8 Å². The summed E-state index contributed by atoms with van der Waals surface area (Å²) in [7, 11) is -4.07. The normalized spacial score (nSPS) is 25.3. The van der Waals surface area contributed by atoms with Crippen molar-refractivity contribution in [3.05, 3.63) is 29.8 Å². The summed E-state index contributed by atoms with van der Waals surface area (Å²) in [6.07, 6.45) is 1.69. The number of rotatable bonds is 5. The van der Waals surface area contributed by atoms with E-state index in [-0.39, 0.29) is 35.8 Å². The van der Waals surface area contributed by atoms with E-state index in [9.17, 15) is 28.1 Å². The minimum absolute atomic E-state index is 0.00932. The summed E-state index contributed by atoms with van der Waals surface area (Å²) in [5, 5.41) is 9.19. The molecule has 1 aromatic rings. The number of hydrogen-bond donors (Lipinski definition) is 2. The van der Waals surface area contributed by atoms with Crippen LogP contribution in [0.4, 0.5) is 4.79 Å². The lowest BCUT2D eigenvalue weighted by Gasteiger charge is -2.35. The zero-order chi connectivity index (χ0) is 23.9. The molecule has 2 bridgehead atoms. The molecule has 11 nitrogen and oxygen atoms in total. The average molecular weight is 475 g/mol. The Bertz CT molecular complexity index is 1110. The van der Waals surface area contributed by atoms with Crippen molar-refractivity contribution in [3.63, 3.8) is 0 Å². The zero-order valence-corrected chi connectivity index (χ0v) is 19.0. The number of amides is 4. The predicted octanol–water partition coefficient (Wildman–Crippen LogP) is -0.480. The molecule has 3 aliphatic heterocycles. The molecule has 3 aliphatic rings. The van der Waals surface area contributed by atoms with Crippen molar-refractivity contribution < 1.29 is 22.8 Å². The van der Waals surface area contributed by atoms with Gasteiger partial charge in [-0.15, -0.1) is 0 Å². The Balaban J connectivity index is 1.37. The van der Waals surface area contributed by atoms with E-state index < -0.39 is 34.2 Å². The van der Waals surface area contributed by atoms with E-state index in [2.05, 4.69) is 6.07 Å². The summed E-state index contributed by atoms with van der Waals surface area (Å²) in [6, 6.07) is 4.70. The van der Waals surface area contributed by atoms with Gasteiger partial charge in [0.1, 0.15) is 18.1 Å². The van der Waals surface area contributed by atoms with Crippen LogP contribution in [-0.2, 0) is 19.6 Å². The van der Waals surface area contributed by atoms with Gasteiger partial charge < -0.3 is 20.4 Å². The number of nitrogens with zero attached hydrogens (tertiary/aromatic N) is 4. The van der Waals surface area contributed by atoms with Gasteiger partial charge in [0, 0.05) is 19.6 Å². The van der Waals surface area contributed by atoms with E-state index >= 15 is 0 Å². The van der Waals surface area contributed by atoms with Crippen molar-refractivity contribution in [3.8, 4) is 6.07 Å². The number of sulfonamides is 1. The fourth-order valence-corrected chi connectivity index (χ4v) is 5.69. The number of nitriles is 1. The largest absolute Gasteiger partial charge is 0.334 e.